The lowest BCUT2D eigenvalue weighted by molar-refractivity contribution is 0.171. The molecule has 0 unspecified atom stereocenters. The van der Waals surface area contributed by atoms with Crippen molar-refractivity contribution in [3.05, 3.63) is 70.0 Å². The first-order valence-electron chi connectivity index (χ1n) is 8.48. The lowest BCUT2D eigenvalue weighted by Gasteiger charge is -2.20. The zero-order valence-electron chi connectivity index (χ0n) is 14.5. The van der Waals surface area contributed by atoms with Crippen molar-refractivity contribution in [2.24, 2.45) is 0 Å². The van der Waals surface area contributed by atoms with Crippen LogP contribution in [0.3, 0.4) is 0 Å². The van der Waals surface area contributed by atoms with Crippen molar-refractivity contribution >= 4 is 34.3 Å². The van der Waals surface area contributed by atoms with Gasteiger partial charge >= 0.3 is 0 Å². The molecular weight excluding hydrogens is 384 g/mol. The molecule has 2 aromatic carbocycles. The highest BCUT2D eigenvalue weighted by molar-refractivity contribution is 7.98. The molecule has 1 aliphatic rings. The van der Waals surface area contributed by atoms with Gasteiger partial charge in [-0.3, -0.25) is 9.36 Å². The third-order valence-electron chi connectivity index (χ3n) is 4.16. The Morgan fingerprint density at radius 2 is 2.07 bits per heavy atom. The quantitative estimate of drug-likeness (QED) is 0.363. The molecule has 0 N–H and O–H groups in total. The maximum absolute atomic E-state index is 12.8. The normalized spacial score (nSPS) is 12.9. The fraction of sp³-hybridized carbons (Fsp3) is 0.200. The Hall–Kier alpha value is -2.44. The zero-order chi connectivity index (χ0) is 18.8. The summed E-state index contributed by atoms with van der Waals surface area (Å²) in [6, 6.07) is 11.1. The molecule has 27 heavy (non-hydrogen) atoms. The molecular formula is C20H17ClN2O3S. The lowest BCUT2D eigenvalue weighted by atomic mass is 10.2. The van der Waals surface area contributed by atoms with Crippen LogP contribution in [0, 0.1) is 0 Å². The van der Waals surface area contributed by atoms with Crippen LogP contribution in [-0.2, 0) is 12.3 Å². The maximum atomic E-state index is 12.8. The van der Waals surface area contributed by atoms with Gasteiger partial charge in [-0.25, -0.2) is 4.98 Å². The number of hydrogen-bond acceptors (Lipinski definition) is 5. The average molecular weight is 401 g/mol. The predicted octanol–water partition coefficient (Wildman–Crippen LogP) is 4.30. The molecule has 3 aromatic rings. The van der Waals surface area contributed by atoms with Crippen LogP contribution < -0.4 is 15.0 Å². The highest BCUT2D eigenvalue weighted by Gasteiger charge is 2.17. The Morgan fingerprint density at radius 3 is 2.93 bits per heavy atom. The van der Waals surface area contributed by atoms with Crippen molar-refractivity contribution in [1.29, 1.82) is 0 Å². The molecule has 0 spiro atoms. The summed E-state index contributed by atoms with van der Waals surface area (Å²) in [5.74, 6) is 1.83. The molecule has 4 rings (SSSR count). The van der Waals surface area contributed by atoms with Crippen LogP contribution >= 0.6 is 23.4 Å². The summed E-state index contributed by atoms with van der Waals surface area (Å²) < 4.78 is 12.8. The molecule has 0 amide bonds. The van der Waals surface area contributed by atoms with Crippen LogP contribution in [-0.4, -0.2) is 22.8 Å². The summed E-state index contributed by atoms with van der Waals surface area (Å²) in [4.78, 5) is 17.5. The minimum atomic E-state index is -0.0665. The number of para-hydroxylation sites is 1. The second-order valence-electron chi connectivity index (χ2n) is 6.01. The summed E-state index contributed by atoms with van der Waals surface area (Å²) in [6.45, 7) is 5.16. The highest BCUT2D eigenvalue weighted by atomic mass is 35.5. The lowest BCUT2D eigenvalue weighted by Crippen LogP contribution is -2.22. The number of benzene rings is 2. The van der Waals surface area contributed by atoms with Gasteiger partial charge in [-0.15, -0.1) is 6.58 Å². The molecule has 5 nitrogen and oxygen atoms in total. The summed E-state index contributed by atoms with van der Waals surface area (Å²) >= 11 is 7.79. The number of nitrogens with zero attached hydrogens (tertiary/aromatic N) is 2. The Balaban J connectivity index is 1.67. The first-order valence-corrected chi connectivity index (χ1v) is 9.85. The highest BCUT2D eigenvalue weighted by Crippen LogP contribution is 2.39. The minimum absolute atomic E-state index is 0.0665. The number of allylic oxidation sites excluding steroid dienone is 1. The number of fused-ring (bicyclic) bond motifs is 2. The SMILES string of the molecule is C=CCn1c(SCc2cc(Cl)c3c(c2)OCCO3)nc2ccccc2c1=O. The number of rotatable bonds is 5. The molecule has 0 atom stereocenters. The molecule has 0 radical (unpaired) electrons. The monoisotopic (exact) mass is 400 g/mol. The molecule has 1 aliphatic heterocycles. The van der Waals surface area contributed by atoms with Crippen LogP contribution in [0.2, 0.25) is 5.02 Å². The summed E-state index contributed by atoms with van der Waals surface area (Å²) in [6.07, 6.45) is 1.70. The third-order valence-corrected chi connectivity index (χ3v) is 5.49. The van der Waals surface area contributed by atoms with Gasteiger partial charge in [0, 0.05) is 12.3 Å². The Bertz CT molecular complexity index is 1080. The van der Waals surface area contributed by atoms with Crippen molar-refractivity contribution in [1.82, 2.24) is 9.55 Å². The fourth-order valence-corrected chi connectivity index (χ4v) is 4.17. The molecule has 0 fully saturated rings. The molecule has 0 aliphatic carbocycles. The van der Waals surface area contributed by atoms with Crippen LogP contribution in [0.25, 0.3) is 10.9 Å². The van der Waals surface area contributed by atoms with Gasteiger partial charge < -0.3 is 9.47 Å². The molecule has 138 valence electrons. The van der Waals surface area contributed by atoms with E-state index in [4.69, 9.17) is 21.1 Å². The van der Waals surface area contributed by atoms with Gasteiger partial charge in [-0.1, -0.05) is 41.6 Å². The zero-order valence-corrected chi connectivity index (χ0v) is 16.1. The van der Waals surface area contributed by atoms with Crippen molar-refractivity contribution in [2.45, 2.75) is 17.5 Å². The van der Waals surface area contributed by atoms with Crippen LogP contribution in [0.1, 0.15) is 5.56 Å². The molecule has 7 heteroatoms. The topological polar surface area (TPSA) is 53.4 Å². The van der Waals surface area contributed by atoms with Gasteiger partial charge in [-0.05, 0) is 29.8 Å². The van der Waals surface area contributed by atoms with E-state index in [9.17, 15) is 4.79 Å². The Kier molecular flexibility index (Phi) is 5.09. The van der Waals surface area contributed by atoms with E-state index in [2.05, 4.69) is 11.6 Å². The van der Waals surface area contributed by atoms with Crippen LogP contribution in [0.4, 0.5) is 0 Å². The molecule has 0 saturated heterocycles. The first kappa shape index (κ1) is 17.9. The minimum Gasteiger partial charge on any atom is -0.486 e. The number of halogens is 1. The van der Waals surface area contributed by atoms with Gasteiger partial charge in [0.1, 0.15) is 13.2 Å². The largest absolute Gasteiger partial charge is 0.486 e. The summed E-state index contributed by atoms with van der Waals surface area (Å²) in [5, 5.41) is 1.77. The van der Waals surface area contributed by atoms with Crippen molar-refractivity contribution < 1.29 is 9.47 Å². The van der Waals surface area contributed by atoms with Crippen molar-refractivity contribution in [3.63, 3.8) is 0 Å². The van der Waals surface area contributed by atoms with E-state index < -0.39 is 0 Å². The van der Waals surface area contributed by atoms with E-state index in [1.165, 1.54) is 11.8 Å². The molecule has 2 heterocycles. The fourth-order valence-electron chi connectivity index (χ4n) is 2.94. The second-order valence-corrected chi connectivity index (χ2v) is 7.36. The maximum Gasteiger partial charge on any atom is 0.262 e. The van der Waals surface area contributed by atoms with Crippen molar-refractivity contribution in [3.8, 4) is 11.5 Å². The average Bonchev–Trinajstić information content (AvgIpc) is 2.69. The van der Waals surface area contributed by atoms with Gasteiger partial charge in [-0.2, -0.15) is 0 Å². The van der Waals surface area contributed by atoms with E-state index >= 15 is 0 Å². The van der Waals surface area contributed by atoms with E-state index in [1.54, 1.807) is 16.7 Å². The smallest absolute Gasteiger partial charge is 0.262 e. The standard InChI is InChI=1S/C20H17ClN2O3S/c1-2-7-23-19(24)14-5-3-4-6-16(14)22-20(23)27-12-13-10-15(21)18-17(11-13)25-8-9-26-18/h2-6,10-11H,1,7-9,12H2. The Morgan fingerprint density at radius 1 is 1.26 bits per heavy atom. The number of thioether (sulfide) groups is 1. The van der Waals surface area contributed by atoms with Gasteiger partial charge in [0.2, 0.25) is 0 Å². The number of ether oxygens (including phenoxy) is 2. The van der Waals surface area contributed by atoms with Crippen LogP contribution in [0.15, 0.2) is 59.0 Å². The number of aromatic nitrogens is 2. The van der Waals surface area contributed by atoms with Gasteiger partial charge in [0.15, 0.2) is 16.7 Å². The molecule has 0 saturated carbocycles. The first-order chi connectivity index (χ1) is 13.2. The van der Waals surface area contributed by atoms with E-state index in [0.29, 0.717) is 58.1 Å². The number of hydrogen-bond donors (Lipinski definition) is 0. The van der Waals surface area contributed by atoms with Gasteiger partial charge in [0.05, 0.1) is 15.9 Å². The van der Waals surface area contributed by atoms with Gasteiger partial charge in [0.25, 0.3) is 5.56 Å². The molecule has 0 bridgehead atoms. The van der Waals surface area contributed by atoms with E-state index in [1.807, 2.05) is 30.3 Å². The van der Waals surface area contributed by atoms with E-state index in [-0.39, 0.29) is 5.56 Å². The third kappa shape index (κ3) is 3.55. The second kappa shape index (κ2) is 7.66. The molecule has 1 aromatic heterocycles. The Labute approximate surface area is 165 Å². The summed E-state index contributed by atoms with van der Waals surface area (Å²) in [7, 11) is 0. The summed E-state index contributed by atoms with van der Waals surface area (Å²) in [5.41, 5.74) is 1.59. The van der Waals surface area contributed by atoms with E-state index in [0.717, 1.165) is 5.56 Å². The van der Waals surface area contributed by atoms with Crippen molar-refractivity contribution in [2.75, 3.05) is 13.2 Å². The van der Waals surface area contributed by atoms with Crippen LogP contribution in [0.5, 0.6) is 11.5 Å². The predicted molar refractivity (Wildman–Crippen MR) is 108 cm³/mol.